The van der Waals surface area contributed by atoms with Gasteiger partial charge < -0.3 is 15.1 Å². The highest BCUT2D eigenvalue weighted by Crippen LogP contribution is 2.24. The van der Waals surface area contributed by atoms with Crippen LogP contribution in [0.4, 0.5) is 5.69 Å². The van der Waals surface area contributed by atoms with Gasteiger partial charge in [-0.25, -0.2) is 4.98 Å². The van der Waals surface area contributed by atoms with E-state index in [4.69, 9.17) is 4.98 Å². The Morgan fingerprint density at radius 1 is 1.13 bits per heavy atom. The second-order valence-electron chi connectivity index (χ2n) is 7.83. The molecule has 0 aliphatic heterocycles. The number of amides is 2. The van der Waals surface area contributed by atoms with Gasteiger partial charge in [-0.1, -0.05) is 30.3 Å². The molecule has 2 atom stereocenters. The summed E-state index contributed by atoms with van der Waals surface area (Å²) in [4.78, 5) is 32.4. The summed E-state index contributed by atoms with van der Waals surface area (Å²) in [7, 11) is 3.65. The summed E-state index contributed by atoms with van der Waals surface area (Å²) in [5, 5.41) is 3.94. The number of fused-ring (bicyclic) bond motifs is 1. The van der Waals surface area contributed by atoms with Gasteiger partial charge >= 0.3 is 0 Å². The van der Waals surface area contributed by atoms with Crippen LogP contribution in [0.15, 0.2) is 42.5 Å². The molecule has 0 fully saturated rings. The lowest BCUT2D eigenvalue weighted by molar-refractivity contribution is -0.902. The van der Waals surface area contributed by atoms with Crippen LogP contribution in [0.3, 0.4) is 0 Å². The molecule has 0 aliphatic rings. The van der Waals surface area contributed by atoms with Crippen LogP contribution in [0.2, 0.25) is 0 Å². The number of hydrogen-bond donors (Lipinski definition) is 2. The van der Waals surface area contributed by atoms with Crippen molar-refractivity contribution in [3.8, 4) is 0 Å². The van der Waals surface area contributed by atoms with Crippen molar-refractivity contribution in [1.82, 2.24) is 9.88 Å². The van der Waals surface area contributed by atoms with Gasteiger partial charge in [0.2, 0.25) is 5.91 Å². The first-order valence-corrected chi connectivity index (χ1v) is 10.9. The maximum absolute atomic E-state index is 12.7. The zero-order valence-corrected chi connectivity index (χ0v) is 19.0. The summed E-state index contributed by atoms with van der Waals surface area (Å²) in [5.74, 6) is -0.266. The number of anilines is 1. The number of carbonyl (C=O) groups is 2. The Hall–Kier alpha value is -2.77. The highest BCUT2D eigenvalue weighted by molar-refractivity contribution is 7.18. The van der Waals surface area contributed by atoms with Crippen molar-refractivity contribution in [2.75, 3.05) is 32.5 Å². The molecule has 1 unspecified atom stereocenters. The zero-order chi connectivity index (χ0) is 21.8. The molecule has 158 valence electrons. The van der Waals surface area contributed by atoms with Gasteiger partial charge in [0.15, 0.2) is 11.6 Å². The van der Waals surface area contributed by atoms with Crippen molar-refractivity contribution < 1.29 is 14.5 Å². The van der Waals surface area contributed by atoms with E-state index in [1.54, 1.807) is 18.4 Å². The third-order valence-corrected chi connectivity index (χ3v) is 6.62. The summed E-state index contributed by atoms with van der Waals surface area (Å²) >= 11 is 1.66. The summed E-state index contributed by atoms with van der Waals surface area (Å²) in [6.45, 7) is 6.31. The molecule has 0 aliphatic carbocycles. The third-order valence-electron chi connectivity index (χ3n) is 5.40. The van der Waals surface area contributed by atoms with Gasteiger partial charge in [-0.05, 0) is 44.0 Å². The highest BCUT2D eigenvalue weighted by Gasteiger charge is 2.24. The van der Waals surface area contributed by atoms with Gasteiger partial charge in [0, 0.05) is 12.7 Å². The molecule has 0 spiro atoms. The van der Waals surface area contributed by atoms with Crippen molar-refractivity contribution in [3.05, 3.63) is 58.6 Å². The predicted octanol–water partition coefficient (Wildman–Crippen LogP) is 2.59. The van der Waals surface area contributed by atoms with E-state index in [1.807, 2.05) is 57.3 Å². The fraction of sp³-hybridized carbons (Fsp3) is 0.348. The van der Waals surface area contributed by atoms with Crippen molar-refractivity contribution in [1.29, 1.82) is 0 Å². The Bertz CT molecular complexity index is 1010. The van der Waals surface area contributed by atoms with Gasteiger partial charge in [0.05, 0.1) is 23.8 Å². The summed E-state index contributed by atoms with van der Waals surface area (Å²) in [6.07, 6.45) is 0. The molecular formula is C23H29N4O2S+. The lowest BCUT2D eigenvalue weighted by Crippen LogP contribution is -3.10. The molecule has 6 nitrogen and oxygen atoms in total. The van der Waals surface area contributed by atoms with E-state index < -0.39 is 0 Å². The van der Waals surface area contributed by atoms with Crippen LogP contribution in [0.5, 0.6) is 0 Å². The number of thiazole rings is 1. The second kappa shape index (κ2) is 9.36. The van der Waals surface area contributed by atoms with E-state index in [0.29, 0.717) is 6.54 Å². The monoisotopic (exact) mass is 425 g/mol. The number of likely N-dealkylation sites (N-methyl/N-ethyl adjacent to an activating group) is 2. The number of quaternary nitrogens is 1. The Labute approximate surface area is 181 Å². The molecule has 0 radical (unpaired) electrons. The molecule has 0 saturated heterocycles. The first-order valence-electron chi connectivity index (χ1n) is 10.0. The van der Waals surface area contributed by atoms with Gasteiger partial charge in [0.25, 0.3) is 5.91 Å². The van der Waals surface area contributed by atoms with Crippen LogP contribution in [-0.4, -0.2) is 48.9 Å². The quantitative estimate of drug-likeness (QED) is 0.612. The minimum atomic E-state index is -0.194. The molecule has 1 aromatic heterocycles. The molecule has 7 heteroatoms. The maximum atomic E-state index is 12.7. The first-order chi connectivity index (χ1) is 14.3. The number of nitrogens with zero attached hydrogens (tertiary/aromatic N) is 2. The fourth-order valence-corrected chi connectivity index (χ4v) is 4.42. The van der Waals surface area contributed by atoms with E-state index in [9.17, 15) is 9.59 Å². The lowest BCUT2D eigenvalue weighted by atomic mass is 10.1. The van der Waals surface area contributed by atoms with E-state index in [0.717, 1.165) is 36.9 Å². The van der Waals surface area contributed by atoms with E-state index in [-0.39, 0.29) is 24.4 Å². The zero-order valence-electron chi connectivity index (χ0n) is 18.2. The minimum absolute atomic E-state index is 0.0232. The first kappa shape index (κ1) is 21.9. The van der Waals surface area contributed by atoms with Crippen LogP contribution < -0.4 is 10.2 Å². The Balaban J connectivity index is 1.57. The molecule has 0 saturated carbocycles. The smallest absolute Gasteiger partial charge is 0.277 e. The molecule has 3 aromatic rings. The summed E-state index contributed by atoms with van der Waals surface area (Å²) in [5.41, 5.74) is 3.82. The van der Waals surface area contributed by atoms with Gasteiger partial charge in [0.1, 0.15) is 6.04 Å². The van der Waals surface area contributed by atoms with Crippen LogP contribution in [0.25, 0.3) is 10.2 Å². The molecular weight excluding hydrogens is 396 g/mol. The van der Waals surface area contributed by atoms with Crippen molar-refractivity contribution in [2.24, 2.45) is 0 Å². The molecule has 2 aromatic carbocycles. The summed E-state index contributed by atoms with van der Waals surface area (Å²) in [6, 6.07) is 14.0. The van der Waals surface area contributed by atoms with E-state index in [2.05, 4.69) is 18.3 Å². The summed E-state index contributed by atoms with van der Waals surface area (Å²) < 4.78 is 1.15. The molecule has 30 heavy (non-hydrogen) atoms. The topological polar surface area (TPSA) is 66.7 Å². The number of benzene rings is 2. The maximum Gasteiger partial charge on any atom is 0.277 e. The van der Waals surface area contributed by atoms with Crippen molar-refractivity contribution in [2.45, 2.75) is 26.8 Å². The second-order valence-corrected chi connectivity index (χ2v) is 8.89. The predicted molar refractivity (Wildman–Crippen MR) is 122 cm³/mol. The number of aryl methyl sites for hydroxylation is 2. The van der Waals surface area contributed by atoms with Crippen LogP contribution >= 0.6 is 11.3 Å². The fourth-order valence-electron chi connectivity index (χ4n) is 3.31. The highest BCUT2D eigenvalue weighted by atomic mass is 32.1. The van der Waals surface area contributed by atoms with Gasteiger partial charge in [-0.15, -0.1) is 11.3 Å². The van der Waals surface area contributed by atoms with Crippen LogP contribution in [0.1, 0.15) is 29.1 Å². The van der Waals surface area contributed by atoms with Gasteiger partial charge in [-0.3, -0.25) is 9.59 Å². The SMILES string of the molecule is Cc1cccc(C)c1NC(=O)CN(C)C(=O)C[NH+](C)[C@@H](C)c1nc2ccccc2s1. The normalized spacial score (nSPS) is 13.1. The Morgan fingerprint density at radius 2 is 1.80 bits per heavy atom. The van der Waals surface area contributed by atoms with Crippen molar-refractivity contribution >= 4 is 39.1 Å². The minimum Gasteiger partial charge on any atom is -0.332 e. The number of nitrogens with one attached hydrogen (secondary N) is 2. The molecule has 1 heterocycles. The molecule has 0 bridgehead atoms. The Morgan fingerprint density at radius 3 is 2.47 bits per heavy atom. The standard InChI is InChI=1S/C23H28N4O2S/c1-15-9-8-10-16(2)22(15)25-20(28)13-27(5)21(29)14-26(4)17(3)23-24-18-11-6-7-12-19(18)30-23/h6-12,17H,13-14H2,1-5H3,(H,25,28)/p+1/t17-/m0/s1. The lowest BCUT2D eigenvalue weighted by Gasteiger charge is -2.23. The Kier molecular flexibility index (Phi) is 6.84. The number of aromatic nitrogens is 1. The largest absolute Gasteiger partial charge is 0.332 e. The van der Waals surface area contributed by atoms with E-state index in [1.165, 1.54) is 4.90 Å². The van der Waals surface area contributed by atoms with Crippen molar-refractivity contribution in [3.63, 3.8) is 0 Å². The number of hydrogen-bond acceptors (Lipinski definition) is 4. The van der Waals surface area contributed by atoms with E-state index >= 15 is 0 Å². The van der Waals surface area contributed by atoms with Gasteiger partial charge in [-0.2, -0.15) is 0 Å². The molecule has 2 amide bonds. The average molecular weight is 426 g/mol. The molecule has 3 rings (SSSR count). The number of carbonyl (C=O) groups excluding carboxylic acids is 2. The van der Waals surface area contributed by atoms with Crippen LogP contribution in [-0.2, 0) is 9.59 Å². The number of para-hydroxylation sites is 2. The molecule has 2 N–H and O–H groups in total. The number of rotatable bonds is 7. The van der Waals surface area contributed by atoms with Crippen LogP contribution in [0, 0.1) is 13.8 Å². The third kappa shape index (κ3) is 5.04. The average Bonchev–Trinajstić information content (AvgIpc) is 3.14.